The minimum Gasteiger partial charge on any atom is -0.481 e. The van der Waals surface area contributed by atoms with E-state index < -0.39 is 5.97 Å². The van der Waals surface area contributed by atoms with E-state index in [1.54, 1.807) is 25.3 Å². The molecule has 2 radical (unpaired) electrons. The van der Waals surface area contributed by atoms with Gasteiger partial charge in [0.15, 0.2) is 5.78 Å². The Kier molecular flexibility index (Phi) is 3.97. The van der Waals surface area contributed by atoms with Gasteiger partial charge in [0.2, 0.25) is 0 Å². The van der Waals surface area contributed by atoms with Gasteiger partial charge in [-0.25, -0.2) is 0 Å². The summed E-state index contributed by atoms with van der Waals surface area (Å²) in [6.07, 6.45) is 2.00. The van der Waals surface area contributed by atoms with Crippen molar-refractivity contribution in [2.45, 2.75) is 19.8 Å². The number of carbonyl (C=O) groups excluding carboxylic acids is 1. The molecule has 4 nitrogen and oxygen atoms in total. The molecule has 5 heteroatoms. The van der Waals surface area contributed by atoms with Gasteiger partial charge in [-0.15, -0.1) is 0 Å². The highest BCUT2D eigenvalue weighted by Crippen LogP contribution is 2.22. The molecule has 0 aliphatic rings. The molecule has 1 N–H and O–H groups in total. The maximum atomic E-state index is 12.3. The number of carboxylic acids is 1. The lowest BCUT2D eigenvalue weighted by molar-refractivity contribution is -0.137. The van der Waals surface area contributed by atoms with Gasteiger partial charge < -0.3 is 9.67 Å². The van der Waals surface area contributed by atoms with Gasteiger partial charge >= 0.3 is 5.97 Å². The molecule has 0 aliphatic heterocycles. The molecule has 102 valence electrons. The van der Waals surface area contributed by atoms with Gasteiger partial charge in [-0.2, -0.15) is 0 Å². The summed E-state index contributed by atoms with van der Waals surface area (Å²) in [4.78, 5) is 23.0. The third-order valence-electron chi connectivity index (χ3n) is 3.37. The highest BCUT2D eigenvalue weighted by molar-refractivity contribution is 6.33. The maximum Gasteiger partial charge on any atom is 0.303 e. The van der Waals surface area contributed by atoms with Crippen LogP contribution in [0.1, 0.15) is 30.1 Å². The Bertz CT molecular complexity index is 675. The summed E-state index contributed by atoms with van der Waals surface area (Å²) >= 11 is 0. The van der Waals surface area contributed by atoms with Crippen molar-refractivity contribution in [2.24, 2.45) is 13.0 Å². The minimum atomic E-state index is -0.882. The van der Waals surface area contributed by atoms with Gasteiger partial charge in [0, 0.05) is 42.6 Å². The lowest BCUT2D eigenvalue weighted by atomic mass is 9.92. The zero-order chi connectivity index (χ0) is 14.9. The summed E-state index contributed by atoms with van der Waals surface area (Å²) in [6.45, 7) is 1.77. The summed E-state index contributed by atoms with van der Waals surface area (Å²) in [7, 11) is 7.64. The molecule has 1 unspecified atom stereocenters. The van der Waals surface area contributed by atoms with Crippen LogP contribution >= 0.6 is 0 Å². The van der Waals surface area contributed by atoms with Crippen LogP contribution in [0.4, 0.5) is 0 Å². The predicted molar refractivity (Wildman–Crippen MR) is 78.7 cm³/mol. The smallest absolute Gasteiger partial charge is 0.303 e. The number of fused-ring (bicyclic) bond motifs is 1. The fourth-order valence-corrected chi connectivity index (χ4v) is 2.43. The SMILES string of the molecule is [B]c1ccc2c(c1)c(C(=O)CC(C)CC(=O)O)cn2C. The number of aryl methyl sites for hydroxylation is 1. The standard InChI is InChI=1S/C15H16BNO3/c1-9(6-15(19)20)5-14(18)12-8-17(2)13-4-3-10(16)7-11(12)13/h3-4,7-9H,5-6H2,1-2H3,(H,19,20). The van der Waals surface area contributed by atoms with E-state index >= 15 is 0 Å². The lowest BCUT2D eigenvalue weighted by Crippen LogP contribution is -2.10. The molecule has 2 aromatic rings. The van der Waals surface area contributed by atoms with Crippen LogP contribution in [0.5, 0.6) is 0 Å². The summed E-state index contributed by atoms with van der Waals surface area (Å²) < 4.78 is 1.88. The van der Waals surface area contributed by atoms with Crippen LogP contribution < -0.4 is 5.46 Å². The highest BCUT2D eigenvalue weighted by Gasteiger charge is 2.18. The van der Waals surface area contributed by atoms with E-state index in [0.717, 1.165) is 10.9 Å². The second-order valence-electron chi connectivity index (χ2n) is 5.26. The Balaban J connectivity index is 2.30. The van der Waals surface area contributed by atoms with Crippen LogP contribution in [0.25, 0.3) is 10.9 Å². The molecular weight excluding hydrogens is 253 g/mol. The van der Waals surface area contributed by atoms with Crippen LogP contribution in [0.15, 0.2) is 24.4 Å². The van der Waals surface area contributed by atoms with Gasteiger partial charge in [0.25, 0.3) is 0 Å². The lowest BCUT2D eigenvalue weighted by Gasteiger charge is -2.07. The normalized spacial score (nSPS) is 12.5. The van der Waals surface area contributed by atoms with E-state index in [1.807, 2.05) is 17.7 Å². The summed E-state index contributed by atoms with van der Waals surface area (Å²) in [6, 6.07) is 5.45. The number of carboxylic acid groups (broad SMARTS) is 1. The van der Waals surface area contributed by atoms with Gasteiger partial charge in [-0.3, -0.25) is 9.59 Å². The Morgan fingerprint density at radius 3 is 2.70 bits per heavy atom. The Morgan fingerprint density at radius 2 is 2.05 bits per heavy atom. The Hall–Kier alpha value is -2.04. The number of aliphatic carboxylic acids is 1. The number of benzene rings is 1. The monoisotopic (exact) mass is 269 g/mol. The highest BCUT2D eigenvalue weighted by atomic mass is 16.4. The van der Waals surface area contributed by atoms with Crippen LogP contribution in [-0.2, 0) is 11.8 Å². The third kappa shape index (κ3) is 2.92. The topological polar surface area (TPSA) is 59.3 Å². The molecule has 0 fully saturated rings. The fourth-order valence-electron chi connectivity index (χ4n) is 2.43. The number of nitrogens with zero attached hydrogens (tertiary/aromatic N) is 1. The quantitative estimate of drug-likeness (QED) is 0.663. The van der Waals surface area contributed by atoms with E-state index in [0.29, 0.717) is 11.0 Å². The van der Waals surface area contributed by atoms with E-state index in [4.69, 9.17) is 13.0 Å². The van der Waals surface area contributed by atoms with E-state index in [-0.39, 0.29) is 24.5 Å². The second-order valence-corrected chi connectivity index (χ2v) is 5.26. The van der Waals surface area contributed by atoms with Crippen molar-refractivity contribution in [3.05, 3.63) is 30.0 Å². The average Bonchev–Trinajstić information content (AvgIpc) is 2.65. The number of Topliss-reactive ketones (excluding diaryl/α,β-unsaturated/α-hetero) is 1. The average molecular weight is 269 g/mol. The molecule has 20 heavy (non-hydrogen) atoms. The van der Waals surface area contributed by atoms with Crippen molar-refractivity contribution < 1.29 is 14.7 Å². The predicted octanol–water partition coefficient (Wildman–Crippen LogP) is 1.66. The first kappa shape index (κ1) is 14.4. The molecule has 1 atom stereocenters. The van der Waals surface area contributed by atoms with Gasteiger partial charge in [-0.05, 0) is 12.0 Å². The molecular formula is C15H16BNO3. The summed E-state index contributed by atoms with van der Waals surface area (Å²) in [5, 5.41) is 9.57. The molecule has 0 amide bonds. The maximum absolute atomic E-state index is 12.3. The van der Waals surface area contributed by atoms with Gasteiger partial charge in [-0.1, -0.05) is 24.5 Å². The van der Waals surface area contributed by atoms with Crippen molar-refractivity contribution in [3.63, 3.8) is 0 Å². The van der Waals surface area contributed by atoms with Crippen LogP contribution in [0.3, 0.4) is 0 Å². The van der Waals surface area contributed by atoms with Gasteiger partial charge in [0.1, 0.15) is 7.85 Å². The zero-order valence-corrected chi connectivity index (χ0v) is 11.6. The Morgan fingerprint density at radius 1 is 1.35 bits per heavy atom. The van der Waals surface area contributed by atoms with E-state index in [2.05, 4.69) is 0 Å². The molecule has 2 rings (SSSR count). The third-order valence-corrected chi connectivity index (χ3v) is 3.37. The summed E-state index contributed by atoms with van der Waals surface area (Å²) in [5.74, 6) is -1.11. The number of rotatable bonds is 5. The van der Waals surface area contributed by atoms with Crippen molar-refractivity contribution in [3.8, 4) is 0 Å². The molecule has 1 aromatic heterocycles. The minimum absolute atomic E-state index is 0.00134. The van der Waals surface area contributed by atoms with E-state index in [9.17, 15) is 9.59 Å². The number of hydrogen-bond donors (Lipinski definition) is 1. The van der Waals surface area contributed by atoms with E-state index in [1.165, 1.54) is 0 Å². The van der Waals surface area contributed by atoms with Crippen molar-refractivity contribution >= 4 is 36.0 Å². The first-order valence-corrected chi connectivity index (χ1v) is 6.48. The molecule has 0 saturated heterocycles. The number of hydrogen-bond acceptors (Lipinski definition) is 2. The van der Waals surface area contributed by atoms with Gasteiger partial charge in [0.05, 0.1) is 0 Å². The zero-order valence-electron chi connectivity index (χ0n) is 11.6. The fraction of sp³-hybridized carbons (Fsp3) is 0.333. The number of aromatic nitrogens is 1. The molecule has 1 aromatic carbocycles. The van der Waals surface area contributed by atoms with Crippen molar-refractivity contribution in [1.29, 1.82) is 0 Å². The number of carbonyl (C=O) groups is 2. The van der Waals surface area contributed by atoms with Crippen molar-refractivity contribution in [1.82, 2.24) is 4.57 Å². The second kappa shape index (κ2) is 5.53. The van der Waals surface area contributed by atoms with Crippen molar-refractivity contribution in [2.75, 3.05) is 0 Å². The van der Waals surface area contributed by atoms with Crippen LogP contribution in [0, 0.1) is 5.92 Å². The molecule has 1 heterocycles. The summed E-state index contributed by atoms with van der Waals surface area (Å²) in [5.41, 5.74) is 2.15. The van der Waals surface area contributed by atoms with Crippen LogP contribution in [-0.4, -0.2) is 29.3 Å². The molecule has 0 spiro atoms. The molecule has 0 bridgehead atoms. The van der Waals surface area contributed by atoms with Crippen LogP contribution in [0.2, 0.25) is 0 Å². The molecule has 0 aliphatic carbocycles. The largest absolute Gasteiger partial charge is 0.481 e. The Labute approximate surface area is 118 Å². The first-order valence-electron chi connectivity index (χ1n) is 6.48. The molecule has 0 saturated carbocycles. The first-order chi connectivity index (χ1) is 9.38. The number of ketones is 1.